The van der Waals surface area contributed by atoms with E-state index in [1.807, 2.05) is 19.1 Å². The number of hydrogen-bond acceptors (Lipinski definition) is 4. The Bertz CT molecular complexity index is 722. The SMILES string of the molecule is Cc1cccnc1CNc1nc2ccc(F)cn2n1. The minimum Gasteiger partial charge on any atom is -0.347 e. The number of pyridine rings is 2. The topological polar surface area (TPSA) is 55.1 Å². The van der Waals surface area contributed by atoms with Crippen LogP contribution in [0.2, 0.25) is 0 Å². The highest BCUT2D eigenvalue weighted by Crippen LogP contribution is 2.09. The lowest BCUT2D eigenvalue weighted by atomic mass is 10.2. The molecule has 3 aromatic heterocycles. The molecule has 0 aliphatic heterocycles. The number of rotatable bonds is 3. The summed E-state index contributed by atoms with van der Waals surface area (Å²) in [4.78, 5) is 8.52. The summed E-state index contributed by atoms with van der Waals surface area (Å²) in [6, 6.07) is 6.83. The van der Waals surface area contributed by atoms with Gasteiger partial charge in [-0.15, -0.1) is 5.10 Å². The van der Waals surface area contributed by atoms with Crippen molar-refractivity contribution in [1.29, 1.82) is 0 Å². The molecular formula is C13H12FN5. The number of nitrogens with one attached hydrogen (secondary N) is 1. The van der Waals surface area contributed by atoms with E-state index in [1.54, 1.807) is 12.3 Å². The molecule has 0 saturated heterocycles. The van der Waals surface area contributed by atoms with Gasteiger partial charge in [-0.25, -0.2) is 8.91 Å². The molecule has 0 fully saturated rings. The predicted octanol–water partition coefficient (Wildman–Crippen LogP) is 2.18. The van der Waals surface area contributed by atoms with Gasteiger partial charge in [0.2, 0.25) is 5.95 Å². The summed E-state index contributed by atoms with van der Waals surface area (Å²) in [5, 5.41) is 7.23. The third-order valence-electron chi connectivity index (χ3n) is 2.83. The van der Waals surface area contributed by atoms with Crippen molar-refractivity contribution >= 4 is 11.6 Å². The van der Waals surface area contributed by atoms with E-state index in [1.165, 1.54) is 16.8 Å². The van der Waals surface area contributed by atoms with E-state index in [-0.39, 0.29) is 5.82 Å². The fourth-order valence-corrected chi connectivity index (χ4v) is 1.80. The van der Waals surface area contributed by atoms with E-state index in [9.17, 15) is 4.39 Å². The van der Waals surface area contributed by atoms with Crippen LogP contribution < -0.4 is 5.32 Å². The van der Waals surface area contributed by atoms with Crippen LogP contribution in [0.25, 0.3) is 5.65 Å². The van der Waals surface area contributed by atoms with Crippen LogP contribution in [0.15, 0.2) is 36.7 Å². The Kier molecular flexibility index (Phi) is 2.83. The molecular weight excluding hydrogens is 245 g/mol. The van der Waals surface area contributed by atoms with Gasteiger partial charge >= 0.3 is 0 Å². The molecule has 0 aromatic carbocycles. The molecule has 1 N–H and O–H groups in total. The van der Waals surface area contributed by atoms with Crippen molar-refractivity contribution in [2.45, 2.75) is 13.5 Å². The monoisotopic (exact) mass is 257 g/mol. The third-order valence-corrected chi connectivity index (χ3v) is 2.83. The van der Waals surface area contributed by atoms with Crippen LogP contribution in [-0.2, 0) is 6.54 Å². The third kappa shape index (κ3) is 2.37. The number of fused-ring (bicyclic) bond motifs is 1. The number of anilines is 1. The van der Waals surface area contributed by atoms with E-state index in [2.05, 4.69) is 20.4 Å². The van der Waals surface area contributed by atoms with Gasteiger partial charge in [-0.1, -0.05) is 6.07 Å². The Balaban J connectivity index is 1.80. The summed E-state index contributed by atoms with van der Waals surface area (Å²) in [5.74, 6) is 0.111. The van der Waals surface area contributed by atoms with Gasteiger partial charge in [0.15, 0.2) is 5.65 Å². The van der Waals surface area contributed by atoms with Crippen molar-refractivity contribution in [3.05, 3.63) is 53.7 Å². The smallest absolute Gasteiger partial charge is 0.243 e. The second kappa shape index (κ2) is 4.64. The summed E-state index contributed by atoms with van der Waals surface area (Å²) in [6.07, 6.45) is 3.04. The highest BCUT2D eigenvalue weighted by Gasteiger charge is 2.05. The minimum atomic E-state index is -0.343. The molecule has 0 unspecified atom stereocenters. The molecule has 96 valence electrons. The standard InChI is InChI=1S/C13H12FN5/c1-9-3-2-6-15-11(9)7-16-13-17-12-5-4-10(14)8-19(12)18-13/h2-6,8H,7H2,1H3,(H,16,18). The Hall–Kier alpha value is -2.50. The predicted molar refractivity (Wildman–Crippen MR) is 69.2 cm³/mol. The van der Waals surface area contributed by atoms with Gasteiger partial charge in [0.25, 0.3) is 0 Å². The number of nitrogens with zero attached hydrogens (tertiary/aromatic N) is 4. The molecule has 0 amide bonds. The highest BCUT2D eigenvalue weighted by molar-refractivity contribution is 5.43. The van der Waals surface area contributed by atoms with Crippen molar-refractivity contribution in [3.63, 3.8) is 0 Å². The number of hydrogen-bond donors (Lipinski definition) is 1. The van der Waals surface area contributed by atoms with E-state index >= 15 is 0 Å². The maximum absolute atomic E-state index is 13.0. The summed E-state index contributed by atoms with van der Waals surface area (Å²) < 4.78 is 14.4. The maximum atomic E-state index is 13.0. The van der Waals surface area contributed by atoms with Crippen LogP contribution >= 0.6 is 0 Å². The van der Waals surface area contributed by atoms with Gasteiger partial charge < -0.3 is 5.32 Å². The van der Waals surface area contributed by atoms with E-state index < -0.39 is 0 Å². The first-order valence-electron chi connectivity index (χ1n) is 5.89. The van der Waals surface area contributed by atoms with Crippen LogP contribution in [0.3, 0.4) is 0 Å². The lowest BCUT2D eigenvalue weighted by molar-refractivity contribution is 0.615. The summed E-state index contributed by atoms with van der Waals surface area (Å²) in [5.41, 5.74) is 2.64. The molecule has 3 heterocycles. The zero-order valence-electron chi connectivity index (χ0n) is 10.3. The van der Waals surface area contributed by atoms with Gasteiger partial charge in [-0.3, -0.25) is 4.98 Å². The molecule has 5 nitrogen and oxygen atoms in total. The molecule has 0 radical (unpaired) electrons. The zero-order chi connectivity index (χ0) is 13.2. The van der Waals surface area contributed by atoms with E-state index in [4.69, 9.17) is 0 Å². The molecule has 0 saturated carbocycles. The second-order valence-electron chi connectivity index (χ2n) is 4.21. The molecule has 3 rings (SSSR count). The van der Waals surface area contributed by atoms with E-state index in [0.717, 1.165) is 11.3 Å². The molecule has 19 heavy (non-hydrogen) atoms. The van der Waals surface area contributed by atoms with Crippen molar-refractivity contribution in [1.82, 2.24) is 19.6 Å². The summed E-state index contributed by atoms with van der Waals surface area (Å²) in [7, 11) is 0. The lowest BCUT2D eigenvalue weighted by Crippen LogP contribution is -2.04. The lowest BCUT2D eigenvalue weighted by Gasteiger charge is -2.03. The van der Waals surface area contributed by atoms with Crippen LogP contribution in [0.4, 0.5) is 10.3 Å². The van der Waals surface area contributed by atoms with Gasteiger partial charge in [0.05, 0.1) is 18.4 Å². The first-order chi connectivity index (χ1) is 9.22. The molecule has 0 atom stereocenters. The molecule has 0 spiro atoms. The van der Waals surface area contributed by atoms with Gasteiger partial charge in [-0.2, -0.15) is 4.98 Å². The largest absolute Gasteiger partial charge is 0.347 e. The van der Waals surface area contributed by atoms with Crippen LogP contribution in [-0.4, -0.2) is 19.6 Å². The van der Waals surface area contributed by atoms with Crippen LogP contribution in [0.1, 0.15) is 11.3 Å². The quantitative estimate of drug-likeness (QED) is 0.781. The average Bonchev–Trinajstić information content (AvgIpc) is 2.79. The Morgan fingerprint density at radius 3 is 3.05 bits per heavy atom. The van der Waals surface area contributed by atoms with Crippen molar-refractivity contribution < 1.29 is 4.39 Å². The molecule has 0 bridgehead atoms. The number of halogens is 1. The Morgan fingerprint density at radius 2 is 2.21 bits per heavy atom. The number of aryl methyl sites for hydroxylation is 1. The summed E-state index contributed by atoms with van der Waals surface area (Å²) >= 11 is 0. The number of aromatic nitrogens is 4. The maximum Gasteiger partial charge on any atom is 0.243 e. The second-order valence-corrected chi connectivity index (χ2v) is 4.21. The Morgan fingerprint density at radius 1 is 1.32 bits per heavy atom. The molecule has 6 heteroatoms. The average molecular weight is 257 g/mol. The summed E-state index contributed by atoms with van der Waals surface area (Å²) in [6.45, 7) is 2.53. The molecule has 0 aliphatic carbocycles. The van der Waals surface area contributed by atoms with Gasteiger partial charge in [0.1, 0.15) is 5.82 Å². The molecule has 0 aliphatic rings. The van der Waals surface area contributed by atoms with Crippen LogP contribution in [0, 0.1) is 12.7 Å². The van der Waals surface area contributed by atoms with Crippen molar-refractivity contribution in [2.75, 3.05) is 5.32 Å². The van der Waals surface area contributed by atoms with Gasteiger partial charge in [-0.05, 0) is 30.7 Å². The van der Waals surface area contributed by atoms with E-state index in [0.29, 0.717) is 18.1 Å². The first kappa shape index (κ1) is 11.6. The molecule has 3 aromatic rings. The Labute approximate surface area is 109 Å². The fourth-order valence-electron chi connectivity index (χ4n) is 1.80. The van der Waals surface area contributed by atoms with Crippen LogP contribution in [0.5, 0.6) is 0 Å². The zero-order valence-corrected chi connectivity index (χ0v) is 10.3. The highest BCUT2D eigenvalue weighted by atomic mass is 19.1. The first-order valence-corrected chi connectivity index (χ1v) is 5.89. The minimum absolute atomic E-state index is 0.343. The van der Waals surface area contributed by atoms with Crippen molar-refractivity contribution in [3.8, 4) is 0 Å². The van der Waals surface area contributed by atoms with Gasteiger partial charge in [0, 0.05) is 6.20 Å². The normalized spacial score (nSPS) is 10.8. The fraction of sp³-hybridized carbons (Fsp3) is 0.154. The van der Waals surface area contributed by atoms with Crippen molar-refractivity contribution in [2.24, 2.45) is 0 Å².